The largest absolute Gasteiger partial charge is 0.494 e. The van der Waals surface area contributed by atoms with Gasteiger partial charge in [-0.05, 0) is 55.5 Å². The minimum atomic E-state index is -0.124. The third-order valence-electron chi connectivity index (χ3n) is 4.94. The van der Waals surface area contributed by atoms with Gasteiger partial charge in [-0.15, -0.1) is 0 Å². The van der Waals surface area contributed by atoms with Crippen LogP contribution < -0.4 is 10.3 Å². The predicted molar refractivity (Wildman–Crippen MR) is 124 cm³/mol. The molecule has 0 radical (unpaired) electrons. The van der Waals surface area contributed by atoms with Crippen molar-refractivity contribution in [2.24, 2.45) is 0 Å². The summed E-state index contributed by atoms with van der Waals surface area (Å²) in [7, 11) is 0. The third-order valence-corrected chi connectivity index (χ3v) is 5.89. The highest BCUT2D eigenvalue weighted by Gasteiger charge is 2.14. The van der Waals surface area contributed by atoms with Crippen molar-refractivity contribution in [3.8, 4) is 11.4 Å². The van der Waals surface area contributed by atoms with E-state index in [4.69, 9.17) is 9.72 Å². The topological polar surface area (TPSA) is 72.8 Å². The number of hydrogen-bond acceptors (Lipinski definition) is 5. The first-order valence-electron chi connectivity index (χ1n) is 10.0. The average molecular weight is 429 g/mol. The number of imidazole rings is 1. The maximum absolute atomic E-state index is 12.4. The van der Waals surface area contributed by atoms with Crippen molar-refractivity contribution < 1.29 is 4.74 Å². The van der Waals surface area contributed by atoms with Gasteiger partial charge in [-0.3, -0.25) is 9.36 Å². The molecule has 31 heavy (non-hydrogen) atoms. The Kier molecular flexibility index (Phi) is 5.18. The molecule has 0 aliphatic heterocycles. The van der Waals surface area contributed by atoms with Crippen molar-refractivity contribution in [1.29, 1.82) is 0 Å². The molecule has 6 nitrogen and oxygen atoms in total. The molecule has 7 heteroatoms. The van der Waals surface area contributed by atoms with Gasteiger partial charge in [-0.25, -0.2) is 9.97 Å². The maximum Gasteiger partial charge on any atom is 0.258 e. The Bertz CT molecular complexity index is 1420. The van der Waals surface area contributed by atoms with Crippen molar-refractivity contribution in [2.75, 3.05) is 6.61 Å². The van der Waals surface area contributed by atoms with Gasteiger partial charge in [0.2, 0.25) is 0 Å². The Hall–Kier alpha value is -3.58. The number of H-pyrrole nitrogens is 1. The zero-order chi connectivity index (χ0) is 21.2. The highest BCUT2D eigenvalue weighted by Crippen LogP contribution is 2.30. The number of hydrogen-bond donors (Lipinski definition) is 1. The molecule has 0 aliphatic carbocycles. The van der Waals surface area contributed by atoms with E-state index in [9.17, 15) is 4.79 Å². The quantitative estimate of drug-likeness (QED) is 0.387. The number of aromatic amines is 1. The zero-order valence-corrected chi connectivity index (χ0v) is 17.7. The number of para-hydroxylation sites is 3. The lowest BCUT2D eigenvalue weighted by atomic mass is 10.2. The summed E-state index contributed by atoms with van der Waals surface area (Å²) in [5.41, 5.74) is 3.51. The number of nitrogens with one attached hydrogen (secondary N) is 1. The lowest BCUT2D eigenvalue weighted by Gasteiger charge is -2.10. The summed E-state index contributed by atoms with van der Waals surface area (Å²) in [4.78, 5) is 24.7. The second-order valence-corrected chi connectivity index (χ2v) is 7.91. The van der Waals surface area contributed by atoms with Crippen LogP contribution in [0.5, 0.6) is 5.75 Å². The van der Waals surface area contributed by atoms with E-state index in [2.05, 4.69) is 20.6 Å². The van der Waals surface area contributed by atoms with Gasteiger partial charge < -0.3 is 9.72 Å². The number of benzene rings is 3. The van der Waals surface area contributed by atoms with Gasteiger partial charge in [-0.2, -0.15) is 0 Å². The van der Waals surface area contributed by atoms with Gasteiger partial charge in [0.1, 0.15) is 11.6 Å². The number of rotatable bonds is 6. The lowest BCUT2D eigenvalue weighted by Crippen LogP contribution is -2.11. The molecule has 0 amide bonds. The first kappa shape index (κ1) is 19.4. The number of ether oxygens (including phenoxy) is 1. The molecule has 0 unspecified atom stereocenters. The van der Waals surface area contributed by atoms with Gasteiger partial charge >= 0.3 is 0 Å². The number of thioether (sulfide) groups is 1. The Morgan fingerprint density at radius 2 is 1.68 bits per heavy atom. The number of aromatic nitrogens is 4. The van der Waals surface area contributed by atoms with Crippen LogP contribution in [0.15, 0.2) is 82.7 Å². The van der Waals surface area contributed by atoms with Crippen LogP contribution in [0.25, 0.3) is 27.6 Å². The van der Waals surface area contributed by atoms with Gasteiger partial charge in [0.05, 0.1) is 34.3 Å². The molecule has 154 valence electrons. The number of nitrogens with zero attached hydrogens (tertiary/aromatic N) is 3. The lowest BCUT2D eigenvalue weighted by molar-refractivity contribution is 0.340. The van der Waals surface area contributed by atoms with Gasteiger partial charge in [0.25, 0.3) is 5.56 Å². The third kappa shape index (κ3) is 3.80. The minimum absolute atomic E-state index is 0.124. The SMILES string of the molecule is CCOc1ccc(-n2c(SCc3nc4ccccc4c(=O)[nH]3)nc3ccccc32)cc1. The molecule has 0 saturated heterocycles. The maximum atomic E-state index is 12.4. The van der Waals surface area contributed by atoms with Crippen LogP contribution in [0.4, 0.5) is 0 Å². The van der Waals surface area contributed by atoms with Crippen LogP contribution in [-0.2, 0) is 5.75 Å². The second kappa shape index (κ2) is 8.28. The summed E-state index contributed by atoms with van der Waals surface area (Å²) < 4.78 is 7.70. The van der Waals surface area contributed by atoms with Crippen LogP contribution in [0.2, 0.25) is 0 Å². The molecular formula is C24H20N4O2S. The van der Waals surface area contributed by atoms with Crippen molar-refractivity contribution in [3.63, 3.8) is 0 Å². The number of fused-ring (bicyclic) bond motifs is 2. The van der Waals surface area contributed by atoms with E-state index in [0.717, 1.165) is 27.6 Å². The van der Waals surface area contributed by atoms with E-state index in [1.165, 1.54) is 0 Å². The highest BCUT2D eigenvalue weighted by atomic mass is 32.2. The summed E-state index contributed by atoms with van der Waals surface area (Å²) in [5, 5.41) is 1.43. The van der Waals surface area contributed by atoms with E-state index >= 15 is 0 Å². The summed E-state index contributed by atoms with van der Waals surface area (Å²) >= 11 is 1.54. The zero-order valence-electron chi connectivity index (χ0n) is 16.9. The van der Waals surface area contributed by atoms with E-state index in [0.29, 0.717) is 29.1 Å². The average Bonchev–Trinajstić information content (AvgIpc) is 3.17. The molecular weight excluding hydrogens is 408 g/mol. The molecule has 3 aromatic carbocycles. The van der Waals surface area contributed by atoms with Gasteiger partial charge in [-0.1, -0.05) is 36.0 Å². The van der Waals surface area contributed by atoms with Gasteiger partial charge in [0, 0.05) is 5.69 Å². The monoisotopic (exact) mass is 428 g/mol. The summed E-state index contributed by atoms with van der Waals surface area (Å²) in [6, 6.07) is 23.4. The molecule has 2 heterocycles. The van der Waals surface area contributed by atoms with E-state index in [1.807, 2.05) is 67.6 Å². The molecule has 0 aliphatic rings. The summed E-state index contributed by atoms with van der Waals surface area (Å²) in [6.07, 6.45) is 0. The van der Waals surface area contributed by atoms with Crippen molar-refractivity contribution in [2.45, 2.75) is 17.8 Å². The van der Waals surface area contributed by atoms with E-state index < -0.39 is 0 Å². The fourth-order valence-electron chi connectivity index (χ4n) is 3.54. The van der Waals surface area contributed by atoms with Crippen molar-refractivity contribution in [1.82, 2.24) is 19.5 Å². The van der Waals surface area contributed by atoms with E-state index in [1.54, 1.807) is 17.8 Å². The first-order valence-corrected chi connectivity index (χ1v) is 11.0. The molecule has 5 rings (SSSR count). The molecule has 0 bridgehead atoms. The Morgan fingerprint density at radius 1 is 0.935 bits per heavy atom. The van der Waals surface area contributed by atoms with Crippen molar-refractivity contribution >= 4 is 33.7 Å². The smallest absolute Gasteiger partial charge is 0.258 e. The molecule has 5 aromatic rings. The van der Waals surface area contributed by atoms with Crippen LogP contribution in [-0.4, -0.2) is 26.1 Å². The molecule has 0 atom stereocenters. The molecule has 0 saturated carbocycles. The van der Waals surface area contributed by atoms with Crippen LogP contribution in [0, 0.1) is 0 Å². The van der Waals surface area contributed by atoms with Gasteiger partial charge in [0.15, 0.2) is 5.16 Å². The summed E-state index contributed by atoms with van der Waals surface area (Å²) in [6.45, 7) is 2.60. The minimum Gasteiger partial charge on any atom is -0.494 e. The Labute approximate surface area is 182 Å². The fourth-order valence-corrected chi connectivity index (χ4v) is 4.44. The molecule has 0 fully saturated rings. The van der Waals surface area contributed by atoms with Crippen LogP contribution >= 0.6 is 11.8 Å². The molecule has 1 N–H and O–H groups in total. The first-order chi connectivity index (χ1) is 15.2. The Balaban J connectivity index is 1.51. The predicted octanol–water partition coefficient (Wildman–Crippen LogP) is 4.95. The van der Waals surface area contributed by atoms with Crippen LogP contribution in [0.1, 0.15) is 12.7 Å². The highest BCUT2D eigenvalue weighted by molar-refractivity contribution is 7.98. The summed E-state index contributed by atoms with van der Waals surface area (Å²) in [5.74, 6) is 1.96. The van der Waals surface area contributed by atoms with Crippen molar-refractivity contribution in [3.05, 3.63) is 89.0 Å². The standard InChI is InChI=1S/C24H20N4O2S/c1-2-30-17-13-11-16(12-14-17)28-21-10-6-5-9-20(21)26-24(28)31-15-22-25-19-8-4-3-7-18(19)23(29)27-22/h3-14H,2,15H2,1H3,(H,25,27,29). The molecule has 0 spiro atoms. The second-order valence-electron chi connectivity index (χ2n) is 6.96. The molecule has 2 aromatic heterocycles. The van der Waals surface area contributed by atoms with Crippen LogP contribution in [0.3, 0.4) is 0 Å². The van der Waals surface area contributed by atoms with E-state index in [-0.39, 0.29) is 5.56 Å². The Morgan fingerprint density at radius 3 is 2.48 bits per heavy atom. The fraction of sp³-hybridized carbons (Fsp3) is 0.125. The normalized spacial score (nSPS) is 11.3.